The minimum absolute atomic E-state index is 0.460. The number of nitrogen functional groups attached to an aromatic ring is 1. The largest absolute Gasteiger partial charge is 0.397 e. The van der Waals surface area contributed by atoms with E-state index in [9.17, 15) is 5.11 Å². The first kappa shape index (κ1) is 8.87. The lowest BCUT2D eigenvalue weighted by molar-refractivity contribution is 0.199. The molecule has 0 aromatic heterocycles. The summed E-state index contributed by atoms with van der Waals surface area (Å²) in [6.07, 6.45) is -0.460. The van der Waals surface area contributed by atoms with Gasteiger partial charge in [0.05, 0.1) is 17.5 Å². The van der Waals surface area contributed by atoms with E-state index in [1.165, 1.54) is 0 Å². The summed E-state index contributed by atoms with van der Waals surface area (Å²) < 4.78 is 0. The maximum absolute atomic E-state index is 9.24. The second-order valence-corrected chi connectivity index (χ2v) is 2.77. The van der Waals surface area contributed by atoms with Crippen molar-refractivity contribution < 1.29 is 5.11 Å². The molecule has 1 rings (SSSR count). The molecule has 0 heterocycles. The van der Waals surface area contributed by atoms with Gasteiger partial charge in [0.25, 0.3) is 0 Å². The van der Waals surface area contributed by atoms with Crippen molar-refractivity contribution in [2.24, 2.45) is 0 Å². The number of benzene rings is 1. The summed E-state index contributed by atoms with van der Waals surface area (Å²) in [5.74, 6) is 0. The van der Waals surface area contributed by atoms with Gasteiger partial charge in [-0.15, -0.1) is 0 Å². The van der Waals surface area contributed by atoms with Crippen molar-refractivity contribution >= 4 is 11.4 Å². The Morgan fingerprint density at radius 3 is 2.58 bits per heavy atom. The highest BCUT2D eigenvalue weighted by Gasteiger charge is 2.02. The first-order valence-electron chi connectivity index (χ1n) is 3.90. The molecular formula is C9H14N2O. The van der Waals surface area contributed by atoms with E-state index in [1.54, 1.807) is 13.0 Å². The van der Waals surface area contributed by atoms with Gasteiger partial charge < -0.3 is 16.2 Å². The van der Waals surface area contributed by atoms with Gasteiger partial charge in [0.1, 0.15) is 0 Å². The molecule has 3 heteroatoms. The number of anilines is 2. The van der Waals surface area contributed by atoms with Crippen LogP contribution in [0.2, 0.25) is 0 Å². The van der Waals surface area contributed by atoms with E-state index in [4.69, 9.17) is 5.73 Å². The maximum Gasteiger partial charge on any atom is 0.0762 e. The Morgan fingerprint density at radius 1 is 1.50 bits per heavy atom. The molecular weight excluding hydrogens is 152 g/mol. The van der Waals surface area contributed by atoms with E-state index in [2.05, 4.69) is 5.32 Å². The van der Waals surface area contributed by atoms with Gasteiger partial charge in [-0.05, 0) is 24.6 Å². The zero-order valence-electron chi connectivity index (χ0n) is 7.33. The fourth-order valence-corrected chi connectivity index (χ4v) is 1.07. The van der Waals surface area contributed by atoms with Crippen LogP contribution in [-0.2, 0) is 0 Å². The molecule has 0 unspecified atom stereocenters. The van der Waals surface area contributed by atoms with E-state index in [0.29, 0.717) is 5.69 Å². The fraction of sp³-hybridized carbons (Fsp3) is 0.333. The Balaban J connectivity index is 3.02. The Bertz CT molecular complexity index is 271. The number of nitrogens with two attached hydrogens (primary N) is 1. The molecule has 0 radical (unpaired) electrons. The molecule has 0 aliphatic carbocycles. The van der Waals surface area contributed by atoms with E-state index < -0.39 is 6.10 Å². The second kappa shape index (κ2) is 3.45. The van der Waals surface area contributed by atoms with Crippen molar-refractivity contribution in [3.05, 3.63) is 23.8 Å². The van der Waals surface area contributed by atoms with Crippen molar-refractivity contribution in [1.29, 1.82) is 0 Å². The van der Waals surface area contributed by atoms with Crippen LogP contribution in [0.15, 0.2) is 18.2 Å². The molecule has 12 heavy (non-hydrogen) atoms. The maximum atomic E-state index is 9.24. The first-order chi connectivity index (χ1) is 5.65. The Morgan fingerprint density at radius 2 is 2.17 bits per heavy atom. The standard InChI is InChI=1S/C9H14N2O/c1-6(12)7-3-4-9(11-2)8(10)5-7/h3-6,11-12H,10H2,1-2H3/t6-/m1/s1. The number of nitrogens with one attached hydrogen (secondary N) is 1. The number of hydrogen-bond donors (Lipinski definition) is 3. The topological polar surface area (TPSA) is 58.3 Å². The number of hydrogen-bond acceptors (Lipinski definition) is 3. The molecule has 1 aromatic rings. The van der Waals surface area contributed by atoms with E-state index >= 15 is 0 Å². The molecule has 0 aliphatic rings. The van der Waals surface area contributed by atoms with Gasteiger partial charge in [0.15, 0.2) is 0 Å². The second-order valence-electron chi connectivity index (χ2n) is 2.77. The van der Waals surface area contributed by atoms with Gasteiger partial charge in [0.2, 0.25) is 0 Å². The van der Waals surface area contributed by atoms with Crippen LogP contribution in [0.5, 0.6) is 0 Å². The Hall–Kier alpha value is -1.22. The van der Waals surface area contributed by atoms with E-state index in [-0.39, 0.29) is 0 Å². The van der Waals surface area contributed by atoms with Crippen LogP contribution in [0.3, 0.4) is 0 Å². The number of aliphatic hydroxyl groups is 1. The third kappa shape index (κ3) is 1.68. The zero-order chi connectivity index (χ0) is 9.14. The highest BCUT2D eigenvalue weighted by Crippen LogP contribution is 2.22. The normalized spacial score (nSPS) is 12.6. The van der Waals surface area contributed by atoms with Crippen LogP contribution >= 0.6 is 0 Å². The highest BCUT2D eigenvalue weighted by atomic mass is 16.3. The van der Waals surface area contributed by atoms with Gasteiger partial charge in [0, 0.05) is 7.05 Å². The monoisotopic (exact) mass is 166 g/mol. The Kier molecular flexibility index (Phi) is 2.55. The SMILES string of the molecule is CNc1ccc([C@@H](C)O)cc1N. The van der Waals surface area contributed by atoms with Crippen molar-refractivity contribution in [2.45, 2.75) is 13.0 Å². The zero-order valence-corrected chi connectivity index (χ0v) is 7.33. The lowest BCUT2D eigenvalue weighted by Gasteiger charge is -2.09. The average molecular weight is 166 g/mol. The molecule has 1 atom stereocenters. The van der Waals surface area contributed by atoms with Crippen LogP contribution in [0.1, 0.15) is 18.6 Å². The molecule has 0 saturated carbocycles. The summed E-state index contributed by atoms with van der Waals surface area (Å²) in [4.78, 5) is 0. The first-order valence-corrected chi connectivity index (χ1v) is 3.90. The quantitative estimate of drug-likeness (QED) is 0.581. The van der Waals surface area contributed by atoms with Crippen LogP contribution in [0, 0.1) is 0 Å². The van der Waals surface area contributed by atoms with Crippen LogP contribution in [-0.4, -0.2) is 12.2 Å². The fourth-order valence-electron chi connectivity index (χ4n) is 1.07. The smallest absolute Gasteiger partial charge is 0.0762 e. The molecule has 0 spiro atoms. The predicted octanol–water partition coefficient (Wildman–Crippen LogP) is 1.36. The predicted molar refractivity (Wildman–Crippen MR) is 51.0 cm³/mol. The van der Waals surface area contributed by atoms with Crippen molar-refractivity contribution in [2.75, 3.05) is 18.1 Å². The summed E-state index contributed by atoms with van der Waals surface area (Å²) in [6, 6.07) is 5.49. The lowest BCUT2D eigenvalue weighted by atomic mass is 10.1. The van der Waals surface area contributed by atoms with Gasteiger partial charge in [-0.2, -0.15) is 0 Å². The summed E-state index contributed by atoms with van der Waals surface area (Å²) in [5.41, 5.74) is 8.09. The van der Waals surface area contributed by atoms with Crippen molar-refractivity contribution in [3.63, 3.8) is 0 Å². The molecule has 0 aliphatic heterocycles. The van der Waals surface area contributed by atoms with Gasteiger partial charge in [-0.1, -0.05) is 6.07 Å². The molecule has 4 N–H and O–H groups in total. The minimum atomic E-state index is -0.460. The average Bonchev–Trinajstić information content (AvgIpc) is 2.04. The van der Waals surface area contributed by atoms with Crippen LogP contribution in [0.25, 0.3) is 0 Å². The highest BCUT2D eigenvalue weighted by molar-refractivity contribution is 5.66. The molecule has 0 fully saturated rings. The number of rotatable bonds is 2. The lowest BCUT2D eigenvalue weighted by Crippen LogP contribution is -1.98. The summed E-state index contributed by atoms with van der Waals surface area (Å²) in [5, 5.41) is 12.2. The molecule has 0 bridgehead atoms. The third-order valence-electron chi connectivity index (χ3n) is 1.83. The summed E-state index contributed by atoms with van der Waals surface area (Å²) in [7, 11) is 1.81. The van der Waals surface area contributed by atoms with Gasteiger partial charge >= 0.3 is 0 Å². The molecule has 66 valence electrons. The number of aliphatic hydroxyl groups excluding tert-OH is 1. The van der Waals surface area contributed by atoms with Crippen molar-refractivity contribution in [1.82, 2.24) is 0 Å². The Labute approximate surface area is 72.2 Å². The van der Waals surface area contributed by atoms with E-state index in [0.717, 1.165) is 11.3 Å². The molecule has 3 nitrogen and oxygen atoms in total. The molecule has 0 amide bonds. The van der Waals surface area contributed by atoms with Crippen LogP contribution < -0.4 is 11.1 Å². The third-order valence-corrected chi connectivity index (χ3v) is 1.83. The van der Waals surface area contributed by atoms with Crippen molar-refractivity contribution in [3.8, 4) is 0 Å². The molecule has 1 aromatic carbocycles. The minimum Gasteiger partial charge on any atom is -0.397 e. The van der Waals surface area contributed by atoms with Crippen LogP contribution in [0.4, 0.5) is 11.4 Å². The van der Waals surface area contributed by atoms with Gasteiger partial charge in [-0.25, -0.2) is 0 Å². The molecule has 0 saturated heterocycles. The van der Waals surface area contributed by atoms with E-state index in [1.807, 2.05) is 19.2 Å². The summed E-state index contributed by atoms with van der Waals surface area (Å²) in [6.45, 7) is 1.72. The van der Waals surface area contributed by atoms with Gasteiger partial charge in [-0.3, -0.25) is 0 Å². The summed E-state index contributed by atoms with van der Waals surface area (Å²) >= 11 is 0.